The molecule has 3 nitrogen and oxygen atoms in total. The molecule has 0 saturated carbocycles. The van der Waals surface area contributed by atoms with E-state index in [4.69, 9.17) is 5.73 Å². The first-order valence-electron chi connectivity index (χ1n) is 6.94. The Morgan fingerprint density at radius 3 is 2.89 bits per heavy atom. The van der Waals surface area contributed by atoms with Crippen molar-refractivity contribution >= 4 is 0 Å². The van der Waals surface area contributed by atoms with Crippen molar-refractivity contribution in [3.05, 3.63) is 35.6 Å². The van der Waals surface area contributed by atoms with E-state index in [2.05, 4.69) is 4.90 Å². The number of nitrogens with two attached hydrogens (primary N) is 1. The van der Waals surface area contributed by atoms with E-state index >= 15 is 0 Å². The zero-order chi connectivity index (χ0) is 13.9. The van der Waals surface area contributed by atoms with Gasteiger partial charge < -0.3 is 10.8 Å². The Labute approximate surface area is 114 Å². The van der Waals surface area contributed by atoms with Crippen LogP contribution in [0.5, 0.6) is 0 Å². The average Bonchev–Trinajstić information content (AvgIpc) is 2.52. The van der Waals surface area contributed by atoms with Crippen LogP contribution in [-0.2, 0) is 0 Å². The number of likely N-dealkylation sites (tertiary alicyclic amines) is 1. The van der Waals surface area contributed by atoms with E-state index in [0.717, 1.165) is 37.9 Å². The zero-order valence-corrected chi connectivity index (χ0v) is 11.5. The first-order chi connectivity index (χ1) is 9.02. The highest BCUT2D eigenvalue weighted by Crippen LogP contribution is 2.27. The Bertz CT molecular complexity index is 422. The molecule has 0 aliphatic carbocycles. The highest BCUT2D eigenvalue weighted by Gasteiger charge is 2.28. The lowest BCUT2D eigenvalue weighted by Crippen LogP contribution is -2.35. The molecular formula is C15H23FN2O. The monoisotopic (exact) mass is 266 g/mol. The molecule has 0 bridgehead atoms. The second-order valence-electron chi connectivity index (χ2n) is 5.69. The van der Waals surface area contributed by atoms with E-state index in [9.17, 15) is 9.50 Å². The van der Waals surface area contributed by atoms with Crippen molar-refractivity contribution in [1.29, 1.82) is 0 Å². The van der Waals surface area contributed by atoms with Gasteiger partial charge in [0.15, 0.2) is 0 Å². The number of nitrogens with zero attached hydrogens (tertiary/aromatic N) is 1. The van der Waals surface area contributed by atoms with Crippen LogP contribution in [0.4, 0.5) is 4.39 Å². The van der Waals surface area contributed by atoms with Crippen LogP contribution in [0.1, 0.15) is 37.8 Å². The van der Waals surface area contributed by atoms with Crippen molar-refractivity contribution in [2.24, 2.45) is 5.73 Å². The number of hydrogen-bond acceptors (Lipinski definition) is 3. The maximum Gasteiger partial charge on any atom is 0.123 e. The van der Waals surface area contributed by atoms with Crippen molar-refractivity contribution in [3.8, 4) is 0 Å². The van der Waals surface area contributed by atoms with Gasteiger partial charge in [0.25, 0.3) is 0 Å². The number of aliphatic hydroxyl groups is 1. The molecule has 0 spiro atoms. The van der Waals surface area contributed by atoms with Crippen molar-refractivity contribution in [1.82, 2.24) is 4.90 Å². The Balaban J connectivity index is 2.13. The Morgan fingerprint density at radius 2 is 2.21 bits per heavy atom. The quantitative estimate of drug-likeness (QED) is 0.880. The molecule has 2 atom stereocenters. The molecule has 1 aliphatic rings. The second-order valence-corrected chi connectivity index (χ2v) is 5.69. The van der Waals surface area contributed by atoms with Crippen LogP contribution >= 0.6 is 0 Å². The van der Waals surface area contributed by atoms with Crippen molar-refractivity contribution < 1.29 is 9.50 Å². The standard InChI is InChI=1S/C15H23FN2O/c1-15(19)6-3-8-18(9-7-15)14(11-17)12-4-2-5-13(16)10-12/h2,4-5,10,14,19H,3,6-9,11,17H2,1H3. The number of hydrogen-bond donors (Lipinski definition) is 2. The third kappa shape index (κ3) is 3.75. The average molecular weight is 266 g/mol. The molecule has 19 heavy (non-hydrogen) atoms. The molecule has 0 amide bonds. The molecule has 1 fully saturated rings. The van der Waals surface area contributed by atoms with Crippen LogP contribution in [0.15, 0.2) is 24.3 Å². The topological polar surface area (TPSA) is 49.5 Å². The number of rotatable bonds is 3. The molecule has 0 radical (unpaired) electrons. The van der Waals surface area contributed by atoms with Gasteiger partial charge in [-0.1, -0.05) is 12.1 Å². The molecule has 2 unspecified atom stereocenters. The predicted octanol–water partition coefficient (Wildman–Crippen LogP) is 2.06. The first kappa shape index (κ1) is 14.4. The fourth-order valence-corrected chi connectivity index (χ4v) is 2.81. The van der Waals surface area contributed by atoms with Gasteiger partial charge in [-0.3, -0.25) is 4.90 Å². The van der Waals surface area contributed by atoms with Gasteiger partial charge >= 0.3 is 0 Å². The molecule has 1 aromatic carbocycles. The van der Waals surface area contributed by atoms with Crippen LogP contribution < -0.4 is 5.73 Å². The van der Waals surface area contributed by atoms with E-state index in [0.29, 0.717) is 6.54 Å². The van der Waals surface area contributed by atoms with Gasteiger partial charge in [0.1, 0.15) is 5.82 Å². The molecule has 1 heterocycles. The minimum Gasteiger partial charge on any atom is -0.390 e. The summed E-state index contributed by atoms with van der Waals surface area (Å²) in [6, 6.07) is 6.68. The lowest BCUT2D eigenvalue weighted by molar-refractivity contribution is 0.0431. The molecule has 4 heteroatoms. The molecule has 1 aromatic rings. The third-order valence-corrected chi connectivity index (χ3v) is 4.00. The summed E-state index contributed by atoms with van der Waals surface area (Å²) in [5, 5.41) is 10.1. The summed E-state index contributed by atoms with van der Waals surface area (Å²) < 4.78 is 13.3. The smallest absolute Gasteiger partial charge is 0.123 e. The van der Waals surface area contributed by atoms with Crippen LogP contribution in [0.2, 0.25) is 0 Å². The first-order valence-corrected chi connectivity index (χ1v) is 6.94. The van der Waals surface area contributed by atoms with E-state index in [-0.39, 0.29) is 11.9 Å². The SMILES string of the molecule is CC1(O)CCCN(C(CN)c2cccc(F)c2)CC1. The van der Waals surface area contributed by atoms with Crippen molar-refractivity contribution in [2.45, 2.75) is 37.8 Å². The summed E-state index contributed by atoms with van der Waals surface area (Å²) >= 11 is 0. The van der Waals surface area contributed by atoms with E-state index in [1.54, 1.807) is 12.1 Å². The summed E-state index contributed by atoms with van der Waals surface area (Å²) in [5.41, 5.74) is 6.21. The number of halogens is 1. The fraction of sp³-hybridized carbons (Fsp3) is 0.600. The van der Waals surface area contributed by atoms with E-state index in [1.165, 1.54) is 6.07 Å². The minimum atomic E-state index is -0.587. The molecule has 2 rings (SSSR count). The van der Waals surface area contributed by atoms with Gasteiger partial charge in [-0.05, 0) is 50.4 Å². The summed E-state index contributed by atoms with van der Waals surface area (Å²) in [6.45, 7) is 4.04. The van der Waals surface area contributed by atoms with Gasteiger partial charge in [-0.2, -0.15) is 0 Å². The van der Waals surface area contributed by atoms with Crippen LogP contribution in [0.3, 0.4) is 0 Å². The van der Waals surface area contributed by atoms with E-state index in [1.807, 2.05) is 13.0 Å². The third-order valence-electron chi connectivity index (χ3n) is 4.00. The molecule has 3 N–H and O–H groups in total. The van der Waals surface area contributed by atoms with Crippen molar-refractivity contribution in [2.75, 3.05) is 19.6 Å². The van der Waals surface area contributed by atoms with Gasteiger partial charge in [-0.25, -0.2) is 4.39 Å². The van der Waals surface area contributed by atoms with Crippen LogP contribution in [0.25, 0.3) is 0 Å². The molecule has 1 aliphatic heterocycles. The maximum absolute atomic E-state index is 13.3. The summed E-state index contributed by atoms with van der Waals surface area (Å²) in [6.07, 6.45) is 2.49. The van der Waals surface area contributed by atoms with Crippen LogP contribution in [0, 0.1) is 5.82 Å². The van der Waals surface area contributed by atoms with E-state index < -0.39 is 5.60 Å². The molecule has 0 aromatic heterocycles. The Morgan fingerprint density at radius 1 is 1.42 bits per heavy atom. The fourth-order valence-electron chi connectivity index (χ4n) is 2.81. The summed E-state index contributed by atoms with van der Waals surface area (Å²) in [5.74, 6) is -0.224. The summed E-state index contributed by atoms with van der Waals surface area (Å²) in [4.78, 5) is 2.26. The Kier molecular flexibility index (Phi) is 4.55. The number of benzene rings is 1. The van der Waals surface area contributed by atoms with Gasteiger partial charge in [0, 0.05) is 19.1 Å². The lowest BCUT2D eigenvalue weighted by Gasteiger charge is -2.30. The minimum absolute atomic E-state index is 0.0320. The highest BCUT2D eigenvalue weighted by molar-refractivity contribution is 5.20. The van der Waals surface area contributed by atoms with Gasteiger partial charge in [0.2, 0.25) is 0 Å². The van der Waals surface area contributed by atoms with Gasteiger partial charge in [0.05, 0.1) is 5.60 Å². The largest absolute Gasteiger partial charge is 0.390 e. The van der Waals surface area contributed by atoms with Crippen molar-refractivity contribution in [3.63, 3.8) is 0 Å². The maximum atomic E-state index is 13.3. The Hall–Kier alpha value is -0.970. The molecule has 1 saturated heterocycles. The zero-order valence-electron chi connectivity index (χ0n) is 11.5. The lowest BCUT2D eigenvalue weighted by atomic mass is 9.98. The summed E-state index contributed by atoms with van der Waals surface area (Å²) in [7, 11) is 0. The van der Waals surface area contributed by atoms with Crippen LogP contribution in [-0.4, -0.2) is 35.2 Å². The van der Waals surface area contributed by atoms with Gasteiger partial charge in [-0.15, -0.1) is 0 Å². The second kappa shape index (κ2) is 5.99. The predicted molar refractivity (Wildman–Crippen MR) is 74.2 cm³/mol. The normalized spacial score (nSPS) is 26.9. The molecule has 106 valence electrons. The highest BCUT2D eigenvalue weighted by atomic mass is 19.1. The molecular weight excluding hydrogens is 243 g/mol.